The second-order valence-corrected chi connectivity index (χ2v) is 6.01. The Bertz CT molecular complexity index is 596. The lowest BCUT2D eigenvalue weighted by molar-refractivity contribution is -0.0373. The molecule has 1 fully saturated rings. The number of aryl methyl sites for hydroxylation is 2. The van der Waals surface area contributed by atoms with E-state index < -0.39 is 0 Å². The maximum Gasteiger partial charge on any atom is 0.0898 e. The van der Waals surface area contributed by atoms with Crippen LogP contribution >= 0.6 is 0 Å². The summed E-state index contributed by atoms with van der Waals surface area (Å²) in [5, 5.41) is 4.53. The molecule has 0 amide bonds. The fourth-order valence-electron chi connectivity index (χ4n) is 2.98. The van der Waals surface area contributed by atoms with Gasteiger partial charge in [-0.3, -0.25) is 14.6 Å². The van der Waals surface area contributed by atoms with Gasteiger partial charge in [-0.1, -0.05) is 0 Å². The Hall–Kier alpha value is -1.72. The Labute approximate surface area is 131 Å². The number of ether oxygens (including phenoxy) is 1. The molecule has 5 nitrogen and oxygen atoms in total. The molecule has 1 unspecified atom stereocenters. The van der Waals surface area contributed by atoms with Crippen LogP contribution in [0, 0.1) is 13.8 Å². The molecule has 1 atom stereocenters. The molecule has 2 aromatic heterocycles. The molecule has 1 saturated heterocycles. The van der Waals surface area contributed by atoms with E-state index in [1.807, 2.05) is 19.3 Å². The second kappa shape index (κ2) is 7.03. The number of nitrogens with zero attached hydrogens (tertiary/aromatic N) is 4. The molecule has 0 bridgehead atoms. The standard InChI is InChI=1S/C17H24N4O/c1-14-11-15(2)21(19-14)13-17-12-20(9-10-22-17)8-5-16-3-6-18-7-4-16/h3-4,6-7,11,17H,5,8-10,12-13H2,1-2H3. The van der Waals surface area contributed by atoms with Gasteiger partial charge in [-0.2, -0.15) is 5.10 Å². The molecule has 3 rings (SSSR count). The van der Waals surface area contributed by atoms with Gasteiger partial charge in [0.25, 0.3) is 0 Å². The maximum atomic E-state index is 5.92. The van der Waals surface area contributed by atoms with Crippen LogP contribution in [0.1, 0.15) is 17.0 Å². The minimum Gasteiger partial charge on any atom is -0.374 e. The Morgan fingerprint density at radius 1 is 1.27 bits per heavy atom. The summed E-state index contributed by atoms with van der Waals surface area (Å²) in [6.45, 7) is 8.84. The summed E-state index contributed by atoms with van der Waals surface area (Å²) in [7, 11) is 0. The molecule has 0 radical (unpaired) electrons. The summed E-state index contributed by atoms with van der Waals surface area (Å²) < 4.78 is 7.98. The topological polar surface area (TPSA) is 43.2 Å². The van der Waals surface area contributed by atoms with Crippen LogP contribution in [-0.4, -0.2) is 52.0 Å². The van der Waals surface area contributed by atoms with Gasteiger partial charge in [0.05, 0.1) is 24.9 Å². The molecule has 0 spiro atoms. The predicted octanol–water partition coefficient (Wildman–Crippen LogP) is 1.84. The van der Waals surface area contributed by atoms with Crippen LogP contribution in [-0.2, 0) is 17.7 Å². The number of hydrogen-bond acceptors (Lipinski definition) is 4. The highest BCUT2D eigenvalue weighted by molar-refractivity contribution is 5.10. The summed E-state index contributed by atoms with van der Waals surface area (Å²) in [6.07, 6.45) is 5.01. The lowest BCUT2D eigenvalue weighted by atomic mass is 10.2. The second-order valence-electron chi connectivity index (χ2n) is 6.01. The number of pyridine rings is 1. The van der Waals surface area contributed by atoms with Crippen molar-refractivity contribution in [2.75, 3.05) is 26.2 Å². The van der Waals surface area contributed by atoms with Crippen LogP contribution in [0.25, 0.3) is 0 Å². The van der Waals surface area contributed by atoms with Gasteiger partial charge in [0.1, 0.15) is 0 Å². The van der Waals surface area contributed by atoms with Crippen LogP contribution in [0.15, 0.2) is 30.6 Å². The molecule has 118 valence electrons. The van der Waals surface area contributed by atoms with E-state index in [0.29, 0.717) is 0 Å². The minimum atomic E-state index is 0.226. The zero-order valence-corrected chi connectivity index (χ0v) is 13.4. The molecule has 1 aliphatic heterocycles. The number of morpholine rings is 1. The predicted molar refractivity (Wildman–Crippen MR) is 85.8 cm³/mol. The largest absolute Gasteiger partial charge is 0.374 e. The third kappa shape index (κ3) is 3.93. The highest BCUT2D eigenvalue weighted by Gasteiger charge is 2.21. The zero-order chi connectivity index (χ0) is 15.4. The van der Waals surface area contributed by atoms with Crippen LogP contribution in [0.5, 0.6) is 0 Å². The number of rotatable bonds is 5. The van der Waals surface area contributed by atoms with Gasteiger partial charge in [-0.15, -0.1) is 0 Å². The summed E-state index contributed by atoms with van der Waals surface area (Å²) in [5.41, 5.74) is 3.62. The van der Waals surface area contributed by atoms with Gasteiger partial charge < -0.3 is 4.74 Å². The van der Waals surface area contributed by atoms with Gasteiger partial charge in [0, 0.05) is 37.7 Å². The molecule has 0 aromatic carbocycles. The molecular weight excluding hydrogens is 276 g/mol. The summed E-state index contributed by atoms with van der Waals surface area (Å²) in [6, 6.07) is 6.30. The van der Waals surface area contributed by atoms with Crippen molar-refractivity contribution >= 4 is 0 Å². The average Bonchev–Trinajstić information content (AvgIpc) is 2.84. The summed E-state index contributed by atoms with van der Waals surface area (Å²) in [4.78, 5) is 6.55. The fourth-order valence-corrected chi connectivity index (χ4v) is 2.98. The van der Waals surface area contributed by atoms with E-state index in [-0.39, 0.29) is 6.10 Å². The normalized spacial score (nSPS) is 19.5. The van der Waals surface area contributed by atoms with Crippen LogP contribution < -0.4 is 0 Å². The van der Waals surface area contributed by atoms with E-state index in [1.54, 1.807) is 0 Å². The van der Waals surface area contributed by atoms with Crippen LogP contribution in [0.2, 0.25) is 0 Å². The number of aromatic nitrogens is 3. The number of hydrogen-bond donors (Lipinski definition) is 0. The van der Waals surface area contributed by atoms with Crippen molar-refractivity contribution in [1.29, 1.82) is 0 Å². The molecule has 0 aliphatic carbocycles. The quantitative estimate of drug-likeness (QED) is 0.845. The SMILES string of the molecule is Cc1cc(C)n(CC2CN(CCc3ccncc3)CCO2)n1. The van der Waals surface area contributed by atoms with Crippen molar-refractivity contribution in [3.63, 3.8) is 0 Å². The molecule has 22 heavy (non-hydrogen) atoms. The first-order valence-electron chi connectivity index (χ1n) is 7.94. The third-order valence-electron chi connectivity index (χ3n) is 4.17. The van der Waals surface area contributed by atoms with Crippen LogP contribution in [0.4, 0.5) is 0 Å². The van der Waals surface area contributed by atoms with E-state index in [4.69, 9.17) is 4.74 Å². The van der Waals surface area contributed by atoms with Crippen molar-refractivity contribution in [2.45, 2.75) is 32.9 Å². The highest BCUT2D eigenvalue weighted by Crippen LogP contribution is 2.11. The Morgan fingerprint density at radius 3 is 2.82 bits per heavy atom. The Morgan fingerprint density at radius 2 is 2.09 bits per heavy atom. The molecule has 1 aliphatic rings. The molecular formula is C17H24N4O. The van der Waals surface area contributed by atoms with Gasteiger partial charge in [-0.25, -0.2) is 0 Å². The first-order valence-corrected chi connectivity index (χ1v) is 7.94. The van der Waals surface area contributed by atoms with Crippen molar-refractivity contribution in [1.82, 2.24) is 19.7 Å². The van der Waals surface area contributed by atoms with Gasteiger partial charge in [-0.05, 0) is 44.0 Å². The third-order valence-corrected chi connectivity index (χ3v) is 4.17. The Kier molecular flexibility index (Phi) is 4.85. The van der Waals surface area contributed by atoms with Gasteiger partial charge >= 0.3 is 0 Å². The van der Waals surface area contributed by atoms with E-state index in [2.05, 4.69) is 44.8 Å². The van der Waals surface area contributed by atoms with Crippen LogP contribution in [0.3, 0.4) is 0 Å². The van der Waals surface area contributed by atoms with Gasteiger partial charge in [0.15, 0.2) is 0 Å². The van der Waals surface area contributed by atoms with Crippen molar-refractivity contribution in [2.24, 2.45) is 0 Å². The summed E-state index contributed by atoms with van der Waals surface area (Å²) in [5.74, 6) is 0. The maximum absolute atomic E-state index is 5.92. The smallest absolute Gasteiger partial charge is 0.0898 e. The zero-order valence-electron chi connectivity index (χ0n) is 13.4. The molecule has 3 heterocycles. The van der Waals surface area contributed by atoms with E-state index >= 15 is 0 Å². The molecule has 2 aromatic rings. The monoisotopic (exact) mass is 300 g/mol. The highest BCUT2D eigenvalue weighted by atomic mass is 16.5. The first-order chi connectivity index (χ1) is 10.7. The van der Waals surface area contributed by atoms with E-state index in [1.165, 1.54) is 11.3 Å². The summed E-state index contributed by atoms with van der Waals surface area (Å²) >= 11 is 0. The average molecular weight is 300 g/mol. The van der Waals surface area contributed by atoms with E-state index in [9.17, 15) is 0 Å². The fraction of sp³-hybridized carbons (Fsp3) is 0.529. The first kappa shape index (κ1) is 15.2. The van der Waals surface area contributed by atoms with Crippen molar-refractivity contribution in [3.05, 3.63) is 47.5 Å². The van der Waals surface area contributed by atoms with E-state index in [0.717, 1.165) is 44.9 Å². The molecule has 0 saturated carbocycles. The molecule has 5 heteroatoms. The molecule has 0 N–H and O–H groups in total. The van der Waals surface area contributed by atoms with Gasteiger partial charge in [0.2, 0.25) is 0 Å². The Balaban J connectivity index is 1.52. The minimum absolute atomic E-state index is 0.226. The van der Waals surface area contributed by atoms with Crippen molar-refractivity contribution < 1.29 is 4.74 Å². The lowest BCUT2D eigenvalue weighted by Crippen LogP contribution is -2.45. The van der Waals surface area contributed by atoms with Crippen molar-refractivity contribution in [3.8, 4) is 0 Å². The lowest BCUT2D eigenvalue weighted by Gasteiger charge is -2.33.